The first-order valence-electron chi connectivity index (χ1n) is 6.93. The Kier molecular flexibility index (Phi) is 4.12. The molecule has 0 bridgehead atoms. The minimum atomic E-state index is -3.02. The van der Waals surface area contributed by atoms with E-state index in [0.717, 1.165) is 29.8 Å². The molecule has 0 saturated heterocycles. The van der Waals surface area contributed by atoms with Crippen LogP contribution < -0.4 is 10.1 Å². The molecule has 4 nitrogen and oxygen atoms in total. The van der Waals surface area contributed by atoms with Crippen molar-refractivity contribution in [3.63, 3.8) is 0 Å². The maximum atomic E-state index is 11.6. The van der Waals surface area contributed by atoms with Gasteiger partial charge in [-0.1, -0.05) is 19.1 Å². The highest BCUT2D eigenvalue weighted by atomic mass is 32.2. The monoisotopic (exact) mass is 297 g/mol. The zero-order valence-corrected chi connectivity index (χ0v) is 13.4. The lowest BCUT2D eigenvalue weighted by molar-refractivity contribution is 0.138. The van der Waals surface area contributed by atoms with Crippen molar-refractivity contribution in [1.82, 2.24) is 5.32 Å². The molecule has 2 rings (SSSR count). The molecule has 1 aliphatic rings. The van der Waals surface area contributed by atoms with E-state index < -0.39 is 9.84 Å². The van der Waals surface area contributed by atoms with Crippen molar-refractivity contribution in [3.05, 3.63) is 29.3 Å². The Labute approximate surface area is 121 Å². The summed E-state index contributed by atoms with van der Waals surface area (Å²) >= 11 is 0. The summed E-state index contributed by atoms with van der Waals surface area (Å²) in [5, 5.41) is 3.25. The Bertz CT molecular complexity index is 593. The van der Waals surface area contributed by atoms with Crippen LogP contribution >= 0.6 is 0 Å². The van der Waals surface area contributed by atoms with Gasteiger partial charge < -0.3 is 10.1 Å². The number of ether oxygens (including phenoxy) is 1. The second-order valence-electron chi connectivity index (χ2n) is 6.11. The Balaban J connectivity index is 2.28. The van der Waals surface area contributed by atoms with Gasteiger partial charge in [0.05, 0.1) is 5.75 Å². The number of rotatable bonds is 5. The number of benzene rings is 1. The van der Waals surface area contributed by atoms with Gasteiger partial charge in [0, 0.05) is 18.7 Å². The van der Waals surface area contributed by atoms with E-state index in [1.807, 2.05) is 19.1 Å². The minimum absolute atomic E-state index is 0.115. The zero-order valence-electron chi connectivity index (χ0n) is 12.6. The molecule has 0 aliphatic carbocycles. The number of nitrogens with one attached hydrogen (secondary N) is 1. The van der Waals surface area contributed by atoms with Gasteiger partial charge in [0.15, 0.2) is 0 Å². The van der Waals surface area contributed by atoms with Crippen molar-refractivity contribution < 1.29 is 13.2 Å². The molecule has 5 heteroatoms. The molecule has 0 aromatic heterocycles. The van der Waals surface area contributed by atoms with Crippen LogP contribution in [0.2, 0.25) is 0 Å². The molecule has 20 heavy (non-hydrogen) atoms. The quantitative estimate of drug-likeness (QED) is 0.904. The highest BCUT2D eigenvalue weighted by Gasteiger charge is 2.30. The van der Waals surface area contributed by atoms with Gasteiger partial charge in [0.2, 0.25) is 0 Å². The van der Waals surface area contributed by atoms with Crippen LogP contribution in [0.15, 0.2) is 18.2 Å². The first-order chi connectivity index (χ1) is 9.20. The Morgan fingerprint density at radius 1 is 1.40 bits per heavy atom. The lowest BCUT2D eigenvalue weighted by Gasteiger charge is -2.18. The lowest BCUT2D eigenvalue weighted by Crippen LogP contribution is -2.27. The number of hydrogen-bond donors (Lipinski definition) is 1. The van der Waals surface area contributed by atoms with Gasteiger partial charge in [0.1, 0.15) is 21.2 Å². The topological polar surface area (TPSA) is 55.4 Å². The van der Waals surface area contributed by atoms with Crippen molar-refractivity contribution in [2.45, 2.75) is 38.8 Å². The number of hydrogen-bond acceptors (Lipinski definition) is 4. The molecular weight excluding hydrogens is 274 g/mol. The van der Waals surface area contributed by atoms with E-state index >= 15 is 0 Å². The molecule has 1 aromatic rings. The van der Waals surface area contributed by atoms with Crippen LogP contribution in [-0.2, 0) is 16.3 Å². The molecule has 0 fully saturated rings. The van der Waals surface area contributed by atoms with E-state index in [0.29, 0.717) is 0 Å². The second-order valence-corrected chi connectivity index (χ2v) is 8.29. The Morgan fingerprint density at radius 2 is 2.10 bits per heavy atom. The van der Waals surface area contributed by atoms with E-state index in [-0.39, 0.29) is 17.4 Å². The molecule has 1 aliphatic heterocycles. The van der Waals surface area contributed by atoms with Crippen molar-refractivity contribution in [3.8, 4) is 5.75 Å². The largest absolute Gasteiger partial charge is 0.487 e. The van der Waals surface area contributed by atoms with Gasteiger partial charge >= 0.3 is 0 Å². The molecule has 1 N–H and O–H groups in total. The average Bonchev–Trinajstić information content (AvgIpc) is 2.59. The van der Waals surface area contributed by atoms with Crippen molar-refractivity contribution in [1.29, 1.82) is 0 Å². The van der Waals surface area contributed by atoms with Gasteiger partial charge in [-0.15, -0.1) is 0 Å². The molecule has 1 unspecified atom stereocenters. The maximum absolute atomic E-state index is 11.6. The van der Waals surface area contributed by atoms with E-state index in [1.54, 1.807) is 0 Å². The third-order valence-electron chi connectivity index (χ3n) is 3.41. The van der Waals surface area contributed by atoms with Crippen LogP contribution in [0.5, 0.6) is 5.75 Å². The maximum Gasteiger partial charge on any atom is 0.149 e. The van der Waals surface area contributed by atoms with Gasteiger partial charge in [0.25, 0.3) is 0 Å². The molecule has 0 saturated carbocycles. The smallest absolute Gasteiger partial charge is 0.149 e. The molecule has 1 atom stereocenters. The predicted octanol–water partition coefficient (Wildman–Crippen LogP) is 2.10. The van der Waals surface area contributed by atoms with Crippen LogP contribution in [0, 0.1) is 0 Å². The first-order valence-corrected chi connectivity index (χ1v) is 8.99. The summed E-state index contributed by atoms with van der Waals surface area (Å²) < 4.78 is 29.0. The second kappa shape index (κ2) is 5.37. The van der Waals surface area contributed by atoms with E-state index in [4.69, 9.17) is 4.74 Å². The van der Waals surface area contributed by atoms with E-state index in [1.165, 1.54) is 6.26 Å². The Morgan fingerprint density at radius 3 is 2.70 bits per heavy atom. The summed E-state index contributed by atoms with van der Waals surface area (Å²) in [6, 6.07) is 5.82. The van der Waals surface area contributed by atoms with Gasteiger partial charge in [-0.3, -0.25) is 0 Å². The Hall–Kier alpha value is -1.07. The number of sulfone groups is 1. The molecular formula is C15H23NO3S. The normalized spacial score (nSPS) is 18.4. The van der Waals surface area contributed by atoms with Gasteiger partial charge in [-0.05, 0) is 37.6 Å². The van der Waals surface area contributed by atoms with Crippen molar-refractivity contribution in [2.75, 3.05) is 18.6 Å². The average molecular weight is 297 g/mol. The lowest BCUT2D eigenvalue weighted by atomic mass is 9.98. The SMILES string of the molecule is CCNC(CS(C)(=O)=O)c1ccc2c(c1)CC(C)(C)O2. The third-order valence-corrected chi connectivity index (χ3v) is 4.35. The zero-order chi connectivity index (χ0) is 15.0. The summed E-state index contributed by atoms with van der Waals surface area (Å²) in [4.78, 5) is 0. The number of fused-ring (bicyclic) bond motifs is 1. The summed E-state index contributed by atoms with van der Waals surface area (Å²) in [5.41, 5.74) is 1.99. The van der Waals surface area contributed by atoms with E-state index in [9.17, 15) is 8.42 Å². The summed E-state index contributed by atoms with van der Waals surface area (Å²) in [5.74, 6) is 1.03. The molecule has 1 aromatic carbocycles. The van der Waals surface area contributed by atoms with Gasteiger partial charge in [-0.2, -0.15) is 0 Å². The fourth-order valence-corrected chi connectivity index (χ4v) is 3.58. The highest BCUT2D eigenvalue weighted by molar-refractivity contribution is 7.90. The summed E-state index contributed by atoms with van der Waals surface area (Å²) in [7, 11) is -3.02. The molecule has 1 heterocycles. The van der Waals surface area contributed by atoms with Crippen LogP contribution in [0.4, 0.5) is 0 Å². The molecule has 0 radical (unpaired) electrons. The predicted molar refractivity (Wildman–Crippen MR) is 81.0 cm³/mol. The molecule has 112 valence electrons. The van der Waals surface area contributed by atoms with Gasteiger partial charge in [-0.25, -0.2) is 8.42 Å². The van der Waals surface area contributed by atoms with Crippen LogP contribution in [0.25, 0.3) is 0 Å². The highest BCUT2D eigenvalue weighted by Crippen LogP contribution is 2.36. The summed E-state index contributed by atoms with van der Waals surface area (Å²) in [6.07, 6.45) is 2.13. The minimum Gasteiger partial charge on any atom is -0.487 e. The van der Waals surface area contributed by atoms with Crippen LogP contribution in [-0.4, -0.2) is 32.6 Å². The van der Waals surface area contributed by atoms with Crippen molar-refractivity contribution >= 4 is 9.84 Å². The molecule has 0 spiro atoms. The first kappa shape index (κ1) is 15.3. The third kappa shape index (κ3) is 3.73. The summed E-state index contributed by atoms with van der Waals surface area (Å²) in [6.45, 7) is 6.84. The van der Waals surface area contributed by atoms with Crippen LogP contribution in [0.1, 0.15) is 37.9 Å². The van der Waals surface area contributed by atoms with E-state index in [2.05, 4.69) is 25.2 Å². The fourth-order valence-electron chi connectivity index (χ4n) is 2.67. The molecule has 0 amide bonds. The van der Waals surface area contributed by atoms with Crippen LogP contribution in [0.3, 0.4) is 0 Å². The fraction of sp³-hybridized carbons (Fsp3) is 0.600. The standard InChI is InChI=1S/C15H23NO3S/c1-5-16-13(10-20(4,17)18)11-6-7-14-12(8-11)9-15(2,3)19-14/h6-8,13,16H,5,9-10H2,1-4H3. The van der Waals surface area contributed by atoms with Crippen molar-refractivity contribution in [2.24, 2.45) is 0 Å².